The largest absolute Gasteiger partial charge is 0.377 e. The number of carbonyl (C=O) groups is 1. The lowest BCUT2D eigenvalue weighted by Crippen LogP contribution is -2.20. The summed E-state index contributed by atoms with van der Waals surface area (Å²) in [5.74, 6) is 0.00358. The molecule has 3 aromatic carbocycles. The zero-order chi connectivity index (χ0) is 19.5. The Bertz CT molecular complexity index is 1390. The molecule has 0 radical (unpaired) electrons. The molecule has 0 saturated heterocycles. The van der Waals surface area contributed by atoms with Gasteiger partial charge in [-0.25, -0.2) is 0 Å². The molecule has 0 atom stereocenters. The SMILES string of the molecule is CN1C(=O)c2cccc3c(S(=O)(=O)Oc4cccc5cccnc45)ccc1c23. The topological polar surface area (TPSA) is 76.6 Å². The van der Waals surface area contributed by atoms with Crippen molar-refractivity contribution in [2.75, 3.05) is 11.9 Å². The van der Waals surface area contributed by atoms with Gasteiger partial charge in [0.05, 0.1) is 5.69 Å². The molecule has 1 amide bonds. The van der Waals surface area contributed by atoms with Crippen molar-refractivity contribution in [3.8, 4) is 5.75 Å². The number of benzene rings is 3. The molecule has 5 rings (SSSR count). The highest BCUT2D eigenvalue weighted by molar-refractivity contribution is 7.87. The van der Waals surface area contributed by atoms with E-state index in [4.69, 9.17) is 4.18 Å². The zero-order valence-corrected chi connectivity index (χ0v) is 15.6. The maximum absolute atomic E-state index is 13.1. The minimum Gasteiger partial charge on any atom is -0.377 e. The first-order valence-corrected chi connectivity index (χ1v) is 10.0. The molecular weight excluding hydrogens is 376 g/mol. The molecule has 0 aliphatic carbocycles. The molecule has 6 nitrogen and oxygen atoms in total. The second kappa shape index (κ2) is 5.77. The van der Waals surface area contributed by atoms with Gasteiger partial charge in [-0.1, -0.05) is 30.3 Å². The van der Waals surface area contributed by atoms with E-state index < -0.39 is 10.1 Å². The van der Waals surface area contributed by atoms with Crippen molar-refractivity contribution >= 4 is 43.4 Å². The zero-order valence-electron chi connectivity index (χ0n) is 14.8. The van der Waals surface area contributed by atoms with E-state index in [1.165, 1.54) is 11.0 Å². The molecule has 1 aliphatic heterocycles. The predicted molar refractivity (Wildman–Crippen MR) is 106 cm³/mol. The highest BCUT2D eigenvalue weighted by Gasteiger charge is 2.31. The van der Waals surface area contributed by atoms with Gasteiger partial charge in [0.2, 0.25) is 0 Å². The van der Waals surface area contributed by atoms with Gasteiger partial charge in [0.15, 0.2) is 5.75 Å². The lowest BCUT2D eigenvalue weighted by Gasteiger charge is -2.13. The Kier molecular flexibility index (Phi) is 3.44. The first-order chi connectivity index (χ1) is 13.5. The molecule has 2 heterocycles. The van der Waals surface area contributed by atoms with Gasteiger partial charge in [0, 0.05) is 35.0 Å². The first kappa shape index (κ1) is 16.7. The summed E-state index contributed by atoms with van der Waals surface area (Å²) in [5.41, 5.74) is 1.63. The highest BCUT2D eigenvalue weighted by atomic mass is 32.2. The van der Waals surface area contributed by atoms with Crippen LogP contribution in [0.4, 0.5) is 5.69 Å². The Morgan fingerprint density at radius 2 is 1.75 bits per heavy atom. The molecule has 1 aliphatic rings. The molecular formula is C21H14N2O4S. The number of anilines is 1. The Morgan fingerprint density at radius 3 is 2.61 bits per heavy atom. The highest BCUT2D eigenvalue weighted by Crippen LogP contribution is 2.40. The van der Waals surface area contributed by atoms with Crippen LogP contribution in [0.25, 0.3) is 21.7 Å². The van der Waals surface area contributed by atoms with Crippen molar-refractivity contribution in [3.05, 3.63) is 72.4 Å². The second-order valence-corrected chi connectivity index (χ2v) is 8.06. The molecule has 0 N–H and O–H groups in total. The molecule has 0 unspecified atom stereocenters. The summed E-state index contributed by atoms with van der Waals surface area (Å²) in [5, 5.41) is 1.86. The van der Waals surface area contributed by atoms with Crippen LogP contribution in [0.3, 0.4) is 0 Å². The van der Waals surface area contributed by atoms with Crippen molar-refractivity contribution in [3.63, 3.8) is 0 Å². The van der Waals surface area contributed by atoms with E-state index in [-0.39, 0.29) is 16.6 Å². The number of aromatic nitrogens is 1. The normalized spacial score (nSPS) is 13.5. The summed E-state index contributed by atoms with van der Waals surface area (Å²) in [6.07, 6.45) is 1.59. The average molecular weight is 390 g/mol. The first-order valence-electron chi connectivity index (χ1n) is 8.59. The third-order valence-electron chi connectivity index (χ3n) is 4.94. The maximum Gasteiger partial charge on any atom is 0.339 e. The number of hydrogen-bond donors (Lipinski definition) is 0. The standard InChI is InChI=1S/C21H14N2O4S/c1-23-16-10-11-18(14-7-3-8-15(19(14)16)21(23)24)28(25,26)27-17-9-2-5-13-6-4-12-22-20(13)17/h2-12H,1H3. The summed E-state index contributed by atoms with van der Waals surface area (Å²) in [6.45, 7) is 0. The fraction of sp³-hybridized carbons (Fsp3) is 0.0476. The van der Waals surface area contributed by atoms with Gasteiger partial charge >= 0.3 is 10.1 Å². The molecule has 4 aromatic rings. The van der Waals surface area contributed by atoms with E-state index in [9.17, 15) is 13.2 Å². The van der Waals surface area contributed by atoms with Crippen LogP contribution in [-0.2, 0) is 10.1 Å². The van der Waals surface area contributed by atoms with Crippen LogP contribution in [-0.4, -0.2) is 26.4 Å². The Balaban J connectivity index is 1.69. The van der Waals surface area contributed by atoms with Crippen molar-refractivity contribution in [1.82, 2.24) is 4.98 Å². The molecule has 0 spiro atoms. The number of carbonyl (C=O) groups excluding carboxylic acids is 1. The summed E-state index contributed by atoms with van der Waals surface area (Å²) >= 11 is 0. The van der Waals surface area contributed by atoms with Crippen LogP contribution in [0.2, 0.25) is 0 Å². The number of amides is 1. The van der Waals surface area contributed by atoms with Crippen molar-refractivity contribution in [2.45, 2.75) is 4.90 Å². The van der Waals surface area contributed by atoms with Crippen LogP contribution in [0.5, 0.6) is 5.75 Å². The van der Waals surface area contributed by atoms with Gasteiger partial charge in [-0.15, -0.1) is 0 Å². The average Bonchev–Trinajstić information content (AvgIpc) is 2.95. The molecule has 7 heteroatoms. The third kappa shape index (κ3) is 2.30. The smallest absolute Gasteiger partial charge is 0.339 e. The Morgan fingerprint density at radius 1 is 0.964 bits per heavy atom. The van der Waals surface area contributed by atoms with Crippen molar-refractivity contribution in [2.24, 2.45) is 0 Å². The van der Waals surface area contributed by atoms with E-state index in [1.54, 1.807) is 55.7 Å². The van der Waals surface area contributed by atoms with Crippen LogP contribution in [0, 0.1) is 0 Å². The van der Waals surface area contributed by atoms with E-state index in [0.29, 0.717) is 27.5 Å². The van der Waals surface area contributed by atoms with Crippen molar-refractivity contribution in [1.29, 1.82) is 0 Å². The lowest BCUT2D eigenvalue weighted by molar-refractivity contribution is 0.0999. The number of pyridine rings is 1. The molecule has 1 aromatic heterocycles. The Hall–Kier alpha value is -3.45. The van der Waals surface area contributed by atoms with Gasteiger partial charge in [-0.05, 0) is 30.3 Å². The minimum atomic E-state index is -4.14. The van der Waals surface area contributed by atoms with Crippen LogP contribution in [0.15, 0.2) is 71.8 Å². The van der Waals surface area contributed by atoms with E-state index in [1.807, 2.05) is 12.1 Å². The van der Waals surface area contributed by atoms with Gasteiger partial charge in [-0.2, -0.15) is 8.42 Å². The van der Waals surface area contributed by atoms with Gasteiger partial charge in [-0.3, -0.25) is 9.78 Å². The summed E-state index contributed by atoms with van der Waals surface area (Å²) in [7, 11) is -2.47. The van der Waals surface area contributed by atoms with Gasteiger partial charge < -0.3 is 9.08 Å². The maximum atomic E-state index is 13.1. The van der Waals surface area contributed by atoms with E-state index >= 15 is 0 Å². The summed E-state index contributed by atoms with van der Waals surface area (Å²) < 4.78 is 31.7. The number of hydrogen-bond acceptors (Lipinski definition) is 5. The number of fused-ring (bicyclic) bond motifs is 1. The number of nitrogens with zero attached hydrogens (tertiary/aromatic N) is 2. The second-order valence-electron chi connectivity index (χ2n) is 6.54. The number of para-hydroxylation sites is 1. The molecule has 0 fully saturated rings. The van der Waals surface area contributed by atoms with Gasteiger partial charge in [0.25, 0.3) is 5.91 Å². The fourth-order valence-corrected chi connectivity index (χ4v) is 4.77. The van der Waals surface area contributed by atoms with E-state index in [2.05, 4.69) is 4.98 Å². The molecule has 0 saturated carbocycles. The molecule has 0 bridgehead atoms. The fourth-order valence-electron chi connectivity index (χ4n) is 3.63. The van der Waals surface area contributed by atoms with Crippen molar-refractivity contribution < 1.29 is 17.4 Å². The van der Waals surface area contributed by atoms with E-state index in [0.717, 1.165) is 5.39 Å². The molecule has 28 heavy (non-hydrogen) atoms. The lowest BCUT2D eigenvalue weighted by atomic mass is 10.1. The quantitative estimate of drug-likeness (QED) is 0.498. The third-order valence-corrected chi connectivity index (χ3v) is 6.23. The molecule has 138 valence electrons. The van der Waals surface area contributed by atoms with Gasteiger partial charge in [0.1, 0.15) is 10.4 Å². The van der Waals surface area contributed by atoms with Crippen LogP contribution in [0.1, 0.15) is 10.4 Å². The predicted octanol–water partition coefficient (Wildman–Crippen LogP) is 3.75. The monoisotopic (exact) mass is 390 g/mol. The van der Waals surface area contributed by atoms with Crippen LogP contribution < -0.4 is 9.08 Å². The summed E-state index contributed by atoms with van der Waals surface area (Å²) in [4.78, 5) is 18.2. The van der Waals surface area contributed by atoms with Crippen LogP contribution >= 0.6 is 0 Å². The summed E-state index contributed by atoms with van der Waals surface area (Å²) in [6, 6.07) is 16.9. The number of rotatable bonds is 3. The minimum absolute atomic E-state index is 0.0177. The Labute approximate surface area is 161 Å².